The van der Waals surface area contributed by atoms with E-state index in [9.17, 15) is 0 Å². The van der Waals surface area contributed by atoms with Gasteiger partial charge in [0.1, 0.15) is 0 Å². The van der Waals surface area contributed by atoms with E-state index in [1.165, 1.54) is 12.8 Å². The first-order chi connectivity index (χ1) is 5.29. The Hall–Kier alpha value is -0.0400. The quantitative estimate of drug-likeness (QED) is 0.572. The highest BCUT2D eigenvalue weighted by Gasteiger charge is 2.37. The third kappa shape index (κ3) is 2.01. The van der Waals surface area contributed by atoms with E-state index in [4.69, 9.17) is 0 Å². The number of hydrogen-bond acceptors (Lipinski definition) is 0. The molecule has 0 aliphatic rings. The molecule has 0 aliphatic heterocycles. The first-order valence-electron chi connectivity index (χ1n) is 5.13. The van der Waals surface area contributed by atoms with Crippen LogP contribution < -0.4 is 0 Å². The first-order valence-corrected chi connectivity index (χ1v) is 5.13. The summed E-state index contributed by atoms with van der Waals surface area (Å²) in [5.74, 6) is 0. The topological polar surface area (TPSA) is 0 Å². The Kier molecular flexibility index (Phi) is 3.77. The van der Waals surface area contributed by atoms with Crippen LogP contribution in [0.3, 0.4) is 0 Å². The van der Waals surface area contributed by atoms with Gasteiger partial charge in [-0.25, -0.2) is 0 Å². The molecule has 1 heteroatoms. The first kappa shape index (κ1) is 12.0. The van der Waals surface area contributed by atoms with Gasteiger partial charge in [0.2, 0.25) is 0 Å². The van der Waals surface area contributed by atoms with Crippen molar-refractivity contribution >= 4 is 0 Å². The molecule has 0 heterocycles. The summed E-state index contributed by atoms with van der Waals surface area (Å²) >= 11 is 0. The Morgan fingerprint density at radius 1 is 1.17 bits per heavy atom. The average Bonchev–Trinajstić information content (AvgIpc) is 2.02. The van der Waals surface area contributed by atoms with Gasteiger partial charge < -0.3 is 4.48 Å². The van der Waals surface area contributed by atoms with Crippen molar-refractivity contribution in [2.45, 2.75) is 59.0 Å². The molecule has 1 atom stereocenters. The third-order valence-electron chi connectivity index (χ3n) is 4.12. The average molecular weight is 172 g/mol. The van der Waals surface area contributed by atoms with Crippen LogP contribution in [0.2, 0.25) is 0 Å². The van der Waals surface area contributed by atoms with Gasteiger partial charge in [-0.05, 0) is 33.6 Å². The molecule has 74 valence electrons. The highest BCUT2D eigenvalue weighted by atomic mass is 15.4. The van der Waals surface area contributed by atoms with Gasteiger partial charge in [0.15, 0.2) is 0 Å². The van der Waals surface area contributed by atoms with Crippen LogP contribution in [0.5, 0.6) is 0 Å². The zero-order valence-corrected chi connectivity index (χ0v) is 9.94. The van der Waals surface area contributed by atoms with E-state index >= 15 is 0 Å². The van der Waals surface area contributed by atoms with Crippen LogP contribution in [0.4, 0.5) is 0 Å². The van der Waals surface area contributed by atoms with Crippen molar-refractivity contribution in [2.24, 2.45) is 0 Å². The van der Waals surface area contributed by atoms with Gasteiger partial charge in [-0.1, -0.05) is 13.8 Å². The second kappa shape index (κ2) is 3.78. The highest BCUT2D eigenvalue weighted by molar-refractivity contribution is 4.68. The number of quaternary nitrogens is 1. The molecule has 0 saturated carbocycles. The maximum atomic E-state index is 2.36. The molecule has 0 bridgehead atoms. The fraction of sp³-hybridized carbons (Fsp3) is 1.00. The van der Waals surface area contributed by atoms with Gasteiger partial charge in [0, 0.05) is 0 Å². The van der Waals surface area contributed by atoms with Crippen LogP contribution in [0.15, 0.2) is 0 Å². The summed E-state index contributed by atoms with van der Waals surface area (Å²) < 4.78 is 1.12. The Morgan fingerprint density at radius 3 is 1.83 bits per heavy atom. The molecule has 0 aromatic carbocycles. The maximum Gasteiger partial charge on any atom is 0.0930 e. The molecule has 0 radical (unpaired) electrons. The van der Waals surface area contributed by atoms with Crippen LogP contribution in [0.25, 0.3) is 0 Å². The molecule has 0 fully saturated rings. The molecule has 0 aromatic rings. The predicted molar refractivity (Wildman–Crippen MR) is 56.2 cm³/mol. The molecule has 0 spiro atoms. The molecular weight excluding hydrogens is 146 g/mol. The monoisotopic (exact) mass is 172 g/mol. The second-order valence-corrected chi connectivity index (χ2v) is 4.96. The Balaban J connectivity index is 4.58. The van der Waals surface area contributed by atoms with Gasteiger partial charge in [0.25, 0.3) is 0 Å². The van der Waals surface area contributed by atoms with Crippen LogP contribution in [-0.2, 0) is 0 Å². The minimum atomic E-state index is 0.398. The van der Waals surface area contributed by atoms with E-state index in [-0.39, 0.29) is 0 Å². The summed E-state index contributed by atoms with van der Waals surface area (Å²) in [6.07, 6.45) is 2.50. The fourth-order valence-corrected chi connectivity index (χ4v) is 1.46. The molecule has 0 saturated heterocycles. The molecule has 1 nitrogen and oxygen atoms in total. The molecule has 0 amide bonds. The summed E-state index contributed by atoms with van der Waals surface area (Å²) in [4.78, 5) is 0. The predicted octanol–water partition coefficient (Wildman–Crippen LogP) is 3.05. The standard InChI is InChI=1S/C11H26N/c1-8-10(3)12(6,7)11(4,5)9-2/h10H,8-9H2,1-7H3/q+1. The molecule has 0 aliphatic carbocycles. The van der Waals surface area contributed by atoms with Crippen molar-refractivity contribution in [3.8, 4) is 0 Å². The van der Waals surface area contributed by atoms with Gasteiger partial charge in [-0.2, -0.15) is 0 Å². The lowest BCUT2D eigenvalue weighted by atomic mass is 9.94. The summed E-state index contributed by atoms with van der Waals surface area (Å²) in [6, 6.07) is 0.750. The van der Waals surface area contributed by atoms with Crippen molar-refractivity contribution in [1.82, 2.24) is 0 Å². The number of hydrogen-bond donors (Lipinski definition) is 0. The van der Waals surface area contributed by atoms with Crippen LogP contribution in [-0.4, -0.2) is 30.2 Å². The van der Waals surface area contributed by atoms with Crippen LogP contribution >= 0.6 is 0 Å². The van der Waals surface area contributed by atoms with Crippen LogP contribution in [0, 0.1) is 0 Å². The number of nitrogens with zero attached hydrogens (tertiary/aromatic N) is 1. The molecule has 1 unspecified atom stereocenters. The minimum Gasteiger partial charge on any atom is -0.322 e. The maximum absolute atomic E-state index is 2.36. The van der Waals surface area contributed by atoms with Gasteiger partial charge >= 0.3 is 0 Å². The van der Waals surface area contributed by atoms with Crippen molar-refractivity contribution < 1.29 is 4.48 Å². The largest absolute Gasteiger partial charge is 0.322 e. The van der Waals surface area contributed by atoms with Crippen molar-refractivity contribution in [3.05, 3.63) is 0 Å². The SMILES string of the molecule is CCC(C)[N+](C)(C)C(C)(C)CC. The molecule has 12 heavy (non-hydrogen) atoms. The molecule has 0 aromatic heterocycles. The smallest absolute Gasteiger partial charge is 0.0930 e. The van der Waals surface area contributed by atoms with Crippen LogP contribution in [0.1, 0.15) is 47.5 Å². The van der Waals surface area contributed by atoms with E-state index < -0.39 is 0 Å². The van der Waals surface area contributed by atoms with E-state index in [1.54, 1.807) is 0 Å². The van der Waals surface area contributed by atoms with E-state index in [0.29, 0.717) is 5.54 Å². The lowest BCUT2D eigenvalue weighted by Gasteiger charge is -2.48. The third-order valence-corrected chi connectivity index (χ3v) is 4.12. The summed E-state index contributed by atoms with van der Waals surface area (Å²) in [6.45, 7) is 11.6. The van der Waals surface area contributed by atoms with Crippen molar-refractivity contribution in [3.63, 3.8) is 0 Å². The molecule has 0 rings (SSSR count). The summed E-state index contributed by atoms with van der Waals surface area (Å²) in [7, 11) is 4.69. The highest BCUT2D eigenvalue weighted by Crippen LogP contribution is 2.27. The lowest BCUT2D eigenvalue weighted by Crippen LogP contribution is -2.60. The van der Waals surface area contributed by atoms with Gasteiger partial charge in [-0.3, -0.25) is 0 Å². The van der Waals surface area contributed by atoms with E-state index in [0.717, 1.165) is 10.5 Å². The molecule has 0 N–H and O–H groups in total. The normalized spacial score (nSPS) is 16.2. The van der Waals surface area contributed by atoms with Gasteiger partial charge in [0.05, 0.1) is 25.7 Å². The Morgan fingerprint density at radius 2 is 1.58 bits per heavy atom. The summed E-state index contributed by atoms with van der Waals surface area (Å²) in [5, 5.41) is 0. The number of rotatable bonds is 4. The second-order valence-electron chi connectivity index (χ2n) is 4.96. The fourth-order valence-electron chi connectivity index (χ4n) is 1.46. The zero-order chi connectivity index (χ0) is 9.99. The van der Waals surface area contributed by atoms with Crippen molar-refractivity contribution in [2.75, 3.05) is 14.1 Å². The Labute approximate surface area is 78.4 Å². The van der Waals surface area contributed by atoms with E-state index in [1.807, 2.05) is 0 Å². The van der Waals surface area contributed by atoms with Crippen molar-refractivity contribution in [1.29, 1.82) is 0 Å². The minimum absolute atomic E-state index is 0.398. The Bertz CT molecular complexity index is 136. The molecular formula is C11H26N+. The zero-order valence-electron chi connectivity index (χ0n) is 9.94. The van der Waals surface area contributed by atoms with E-state index in [2.05, 4.69) is 48.7 Å². The van der Waals surface area contributed by atoms with Gasteiger partial charge in [-0.15, -0.1) is 0 Å². The summed E-state index contributed by atoms with van der Waals surface area (Å²) in [5.41, 5.74) is 0.398. The lowest BCUT2D eigenvalue weighted by molar-refractivity contribution is -0.959.